The van der Waals surface area contributed by atoms with Gasteiger partial charge in [0.05, 0.1) is 158 Å². The van der Waals surface area contributed by atoms with Gasteiger partial charge < -0.3 is 72.0 Å². The fourth-order valence-electron chi connectivity index (χ4n) is 3.99. The number of unbranched alkanes of at least 4 members (excludes halogenated alkanes) is 1. The minimum absolute atomic E-state index is 0.183. The molecule has 0 amide bonds. The van der Waals surface area contributed by atoms with Crippen molar-refractivity contribution in [2.24, 2.45) is 0 Å². The molecule has 0 aliphatic rings. The lowest BCUT2D eigenvalue weighted by Gasteiger charge is -2.09. The van der Waals surface area contributed by atoms with E-state index in [0.29, 0.717) is 151 Å². The molecule has 0 unspecified atom stereocenters. The van der Waals surface area contributed by atoms with Gasteiger partial charge in [-0.25, -0.2) is 9.59 Å². The van der Waals surface area contributed by atoms with E-state index in [4.69, 9.17) is 66.7 Å². The van der Waals surface area contributed by atoms with E-state index in [-0.39, 0.29) is 25.8 Å². The van der Waals surface area contributed by atoms with Crippen molar-refractivity contribution in [3.8, 4) is 0 Å². The smallest absolute Gasteiger partial charge is 0.338 e. The normalized spacial score (nSPS) is 11.3. The van der Waals surface area contributed by atoms with Crippen LogP contribution >= 0.6 is 0 Å². The maximum Gasteiger partial charge on any atom is 0.338 e. The third kappa shape index (κ3) is 35.2. The van der Waals surface area contributed by atoms with Gasteiger partial charge in [-0.1, -0.05) is 13.3 Å². The number of carbonyl (C=O) groups is 2. The van der Waals surface area contributed by atoms with Crippen LogP contribution in [0.3, 0.4) is 0 Å². The Kier molecular flexibility index (Phi) is 36.8. The second-order valence-electron chi connectivity index (χ2n) is 11.2. The van der Waals surface area contributed by atoms with E-state index in [1.54, 1.807) is 12.1 Å². The molecule has 0 aromatic heterocycles. The van der Waals surface area contributed by atoms with Gasteiger partial charge in [-0.3, -0.25) is 0 Å². The number of hydrogen-bond acceptors (Lipinski definition) is 16. The summed E-state index contributed by atoms with van der Waals surface area (Å²) in [5, 5.41) is 11.7. The first kappa shape index (κ1) is 49.5. The molecule has 0 spiro atoms. The van der Waals surface area contributed by atoms with Crippen molar-refractivity contribution in [2.45, 2.75) is 19.8 Å². The third-order valence-electron chi connectivity index (χ3n) is 6.76. The number of carbonyl (C=O) groups excluding carboxylic acids is 1. The minimum atomic E-state index is -1.00. The zero-order valence-electron chi connectivity index (χ0n) is 32.2. The fourth-order valence-corrected chi connectivity index (χ4v) is 3.99. The molecule has 0 aliphatic carbocycles. The van der Waals surface area contributed by atoms with Crippen LogP contribution in [0.15, 0.2) is 24.3 Å². The van der Waals surface area contributed by atoms with Gasteiger partial charge in [-0.05, 0) is 30.7 Å². The van der Waals surface area contributed by atoms with Crippen LogP contribution in [0.5, 0.6) is 0 Å². The van der Waals surface area contributed by atoms with Gasteiger partial charge in [0, 0.05) is 12.2 Å². The van der Waals surface area contributed by atoms with Crippen LogP contribution < -0.4 is 5.32 Å². The summed E-state index contributed by atoms with van der Waals surface area (Å²) in [7, 11) is 0. The first-order valence-electron chi connectivity index (χ1n) is 18.8. The summed E-state index contributed by atoms with van der Waals surface area (Å²) in [6.07, 6.45) is 2.23. The van der Waals surface area contributed by atoms with E-state index in [1.807, 2.05) is 12.1 Å². The molecule has 1 rings (SSSR count). The molecule has 0 aliphatic heterocycles. The topological polar surface area (TPSA) is 186 Å². The van der Waals surface area contributed by atoms with E-state index in [0.717, 1.165) is 25.1 Å². The van der Waals surface area contributed by atoms with Gasteiger partial charge in [-0.2, -0.15) is 0 Å². The highest BCUT2D eigenvalue weighted by Gasteiger charge is 2.07. The summed E-state index contributed by atoms with van der Waals surface area (Å²) in [5.41, 5.74) is 1.50. The predicted octanol–water partition coefficient (Wildman–Crippen LogP) is 2.34. The van der Waals surface area contributed by atoms with E-state index in [1.165, 1.54) is 0 Å². The molecule has 0 heterocycles. The molecule has 1 aromatic rings. The van der Waals surface area contributed by atoms with Crippen LogP contribution in [0, 0.1) is 0 Å². The zero-order chi connectivity index (χ0) is 38.8. The number of anilines is 1. The molecule has 17 nitrogen and oxygen atoms in total. The lowest BCUT2D eigenvalue weighted by atomic mass is 10.2. The van der Waals surface area contributed by atoms with Crippen LogP contribution in [0.1, 0.15) is 30.1 Å². The predicted molar refractivity (Wildman–Crippen MR) is 198 cm³/mol. The summed E-state index contributed by atoms with van der Waals surface area (Å²) >= 11 is 0. The van der Waals surface area contributed by atoms with Crippen molar-refractivity contribution in [3.05, 3.63) is 29.8 Å². The summed E-state index contributed by atoms with van der Waals surface area (Å²) < 4.78 is 69.9. The van der Waals surface area contributed by atoms with Crippen molar-refractivity contribution >= 4 is 17.6 Å². The highest BCUT2D eigenvalue weighted by molar-refractivity contribution is 5.89. The Morgan fingerprint density at radius 2 is 0.759 bits per heavy atom. The molecule has 17 heteroatoms. The van der Waals surface area contributed by atoms with Crippen LogP contribution in [0.4, 0.5) is 5.69 Å². The monoisotopic (exact) mass is 779 g/mol. The molecule has 0 saturated heterocycles. The molecule has 314 valence electrons. The van der Waals surface area contributed by atoms with Crippen LogP contribution in [0.25, 0.3) is 0 Å². The maximum atomic E-state index is 12.1. The number of aliphatic carboxylic acids is 1. The summed E-state index contributed by atoms with van der Waals surface area (Å²) in [4.78, 5) is 22.4. The molecule has 0 atom stereocenters. The van der Waals surface area contributed by atoms with Crippen LogP contribution in [-0.2, 0) is 66.4 Å². The fraction of sp³-hybridized carbons (Fsp3) is 0.784. The Labute approximate surface area is 320 Å². The summed E-state index contributed by atoms with van der Waals surface area (Å²) in [5.74, 6) is -1.37. The molecule has 0 bridgehead atoms. The molecule has 1 aromatic carbocycles. The average Bonchev–Trinajstić information content (AvgIpc) is 3.17. The lowest BCUT2D eigenvalue weighted by Crippen LogP contribution is -2.16. The largest absolute Gasteiger partial charge is 0.480 e. The number of carboxylic acids is 1. The van der Waals surface area contributed by atoms with Crippen molar-refractivity contribution in [1.82, 2.24) is 0 Å². The van der Waals surface area contributed by atoms with Gasteiger partial charge >= 0.3 is 11.9 Å². The highest BCUT2D eigenvalue weighted by Crippen LogP contribution is 2.11. The lowest BCUT2D eigenvalue weighted by molar-refractivity contribution is -0.142. The Morgan fingerprint density at radius 3 is 1.06 bits per heavy atom. The van der Waals surface area contributed by atoms with Gasteiger partial charge in [0.15, 0.2) is 0 Å². The first-order valence-corrected chi connectivity index (χ1v) is 18.8. The number of nitrogens with one attached hydrogen (secondary N) is 1. The van der Waals surface area contributed by atoms with Crippen LogP contribution in [0.2, 0.25) is 0 Å². The second-order valence-corrected chi connectivity index (χ2v) is 11.2. The number of carboxylic acid groups (broad SMARTS) is 1. The minimum Gasteiger partial charge on any atom is -0.480 e. The van der Waals surface area contributed by atoms with Gasteiger partial charge in [-0.15, -0.1) is 0 Å². The highest BCUT2D eigenvalue weighted by atomic mass is 16.6. The quantitative estimate of drug-likeness (QED) is 0.0726. The van der Waals surface area contributed by atoms with Gasteiger partial charge in [0.25, 0.3) is 0 Å². The Balaban J connectivity index is 1.67. The number of esters is 1. The van der Waals surface area contributed by atoms with Crippen molar-refractivity contribution in [2.75, 3.05) is 177 Å². The van der Waals surface area contributed by atoms with E-state index in [2.05, 4.69) is 12.2 Å². The Hall–Kier alpha value is -2.52. The number of benzene rings is 1. The van der Waals surface area contributed by atoms with Crippen molar-refractivity contribution in [3.63, 3.8) is 0 Å². The van der Waals surface area contributed by atoms with Crippen molar-refractivity contribution in [1.29, 1.82) is 0 Å². The number of rotatable bonds is 43. The zero-order valence-corrected chi connectivity index (χ0v) is 32.2. The average molecular weight is 780 g/mol. The molecule has 2 N–H and O–H groups in total. The second kappa shape index (κ2) is 40.2. The Morgan fingerprint density at radius 1 is 0.463 bits per heavy atom. The van der Waals surface area contributed by atoms with Gasteiger partial charge in [0.1, 0.15) is 13.2 Å². The summed E-state index contributed by atoms with van der Waals surface area (Å²) in [6.45, 7) is 13.0. The number of hydrogen-bond donors (Lipinski definition) is 2. The van der Waals surface area contributed by atoms with Crippen molar-refractivity contribution < 1.29 is 76.3 Å². The van der Waals surface area contributed by atoms with E-state index < -0.39 is 5.97 Å². The molecule has 0 saturated carbocycles. The molecule has 0 radical (unpaired) electrons. The SMILES string of the molecule is CCCCNc1ccc(C(=O)OCCOCCOCCOCCOCCOCCOCCOCCOCCOCCOCCOCCOCC(=O)O)cc1. The van der Waals surface area contributed by atoms with Gasteiger partial charge in [0.2, 0.25) is 0 Å². The first-order chi connectivity index (χ1) is 26.6. The molecular formula is C37H65NO16. The van der Waals surface area contributed by atoms with Crippen LogP contribution in [-0.4, -0.2) is 189 Å². The molecule has 0 fully saturated rings. The third-order valence-corrected chi connectivity index (χ3v) is 6.76. The number of ether oxygens (including phenoxy) is 13. The molecular weight excluding hydrogens is 714 g/mol. The molecule has 54 heavy (non-hydrogen) atoms. The van der Waals surface area contributed by atoms with E-state index >= 15 is 0 Å². The van der Waals surface area contributed by atoms with E-state index in [9.17, 15) is 9.59 Å². The standard InChI is InChI=1S/C37H65NO16/c1-2-3-8-38-35-6-4-34(5-7-35)37(41)54-32-31-52-28-27-50-24-23-48-20-19-46-16-15-44-12-11-42-9-10-43-13-14-45-17-18-47-21-22-49-25-26-51-29-30-53-33-36(39)40/h4-7,38H,2-3,8-33H2,1H3,(H,39,40). The maximum absolute atomic E-state index is 12.1. The summed E-state index contributed by atoms with van der Waals surface area (Å²) in [6, 6.07) is 7.27. The Bertz CT molecular complexity index is 958.